The van der Waals surface area contributed by atoms with Crippen LogP contribution in [0, 0.1) is 0 Å². The van der Waals surface area contributed by atoms with Gasteiger partial charge in [-0.25, -0.2) is 19.6 Å². The summed E-state index contributed by atoms with van der Waals surface area (Å²) in [5, 5.41) is 5.08. The lowest BCUT2D eigenvalue weighted by atomic mass is 10.2. The van der Waals surface area contributed by atoms with Gasteiger partial charge in [-0.15, -0.1) is 0 Å². The van der Waals surface area contributed by atoms with Crippen molar-refractivity contribution in [2.45, 2.75) is 25.7 Å². The molecule has 8 heteroatoms. The van der Waals surface area contributed by atoms with Crippen molar-refractivity contribution >= 4 is 18.1 Å². The summed E-state index contributed by atoms with van der Waals surface area (Å²) < 4.78 is 0. The van der Waals surface area contributed by atoms with E-state index in [4.69, 9.17) is 0 Å². The van der Waals surface area contributed by atoms with Crippen LogP contribution in [0.4, 0.5) is 10.7 Å². The number of hydrogen-bond donors (Lipinski definition) is 3. The smallest absolute Gasteiger partial charge is 0.321 e. The zero-order chi connectivity index (χ0) is 14.6. The molecule has 0 aliphatic carbocycles. The standard InChI is InChI=1S/C12H17N5O3/c18-9-13-6-3-1-2-4-7-15-12(20)17-11-14-8-5-10(19)16-11/h5,8H,1-4,6-7H2,(H3,14,15,16,17,19,20). The minimum absolute atomic E-state index is 0.113. The van der Waals surface area contributed by atoms with Crippen LogP contribution < -0.4 is 16.2 Å². The van der Waals surface area contributed by atoms with Gasteiger partial charge in [0.2, 0.25) is 12.0 Å². The number of nitrogens with one attached hydrogen (secondary N) is 3. The summed E-state index contributed by atoms with van der Waals surface area (Å²) >= 11 is 0. The van der Waals surface area contributed by atoms with E-state index in [2.05, 4.69) is 25.6 Å². The zero-order valence-corrected chi connectivity index (χ0v) is 11.0. The quantitative estimate of drug-likeness (QED) is 0.370. The zero-order valence-electron chi connectivity index (χ0n) is 11.0. The number of isocyanates is 1. The summed E-state index contributed by atoms with van der Waals surface area (Å²) in [7, 11) is 0. The Kier molecular flexibility index (Phi) is 7.37. The number of rotatable bonds is 8. The number of aliphatic imine (C=N–C) groups is 1. The van der Waals surface area contributed by atoms with E-state index >= 15 is 0 Å². The van der Waals surface area contributed by atoms with Crippen molar-refractivity contribution in [1.29, 1.82) is 0 Å². The molecule has 1 heterocycles. The lowest BCUT2D eigenvalue weighted by Crippen LogP contribution is -2.30. The first-order chi connectivity index (χ1) is 9.72. The number of amides is 2. The molecule has 1 rings (SSSR count). The number of H-pyrrole nitrogens is 1. The van der Waals surface area contributed by atoms with Gasteiger partial charge >= 0.3 is 6.03 Å². The number of urea groups is 1. The van der Waals surface area contributed by atoms with Gasteiger partial charge in [-0.2, -0.15) is 0 Å². The highest BCUT2D eigenvalue weighted by Crippen LogP contribution is 1.99. The van der Waals surface area contributed by atoms with Crippen LogP contribution in [-0.4, -0.2) is 35.2 Å². The number of aromatic amines is 1. The number of carbonyl (C=O) groups excluding carboxylic acids is 2. The molecule has 0 spiro atoms. The Labute approximate surface area is 115 Å². The fourth-order valence-corrected chi connectivity index (χ4v) is 1.50. The van der Waals surface area contributed by atoms with E-state index in [0.717, 1.165) is 25.7 Å². The summed E-state index contributed by atoms with van der Waals surface area (Å²) in [6, 6.07) is 0.850. The summed E-state index contributed by atoms with van der Waals surface area (Å²) in [5.74, 6) is 0.113. The molecule has 0 bridgehead atoms. The number of anilines is 1. The normalized spacial score (nSPS) is 9.60. The predicted octanol–water partition coefficient (Wildman–Crippen LogP) is 0.788. The topological polar surface area (TPSA) is 116 Å². The Balaban J connectivity index is 2.08. The van der Waals surface area contributed by atoms with E-state index in [9.17, 15) is 14.4 Å². The maximum absolute atomic E-state index is 11.5. The molecule has 0 radical (unpaired) electrons. The molecule has 0 saturated heterocycles. The number of carbonyl (C=O) groups is 1. The fourth-order valence-electron chi connectivity index (χ4n) is 1.50. The molecule has 0 aromatic carbocycles. The van der Waals surface area contributed by atoms with Crippen molar-refractivity contribution in [2.24, 2.45) is 4.99 Å². The van der Waals surface area contributed by atoms with Gasteiger partial charge in [-0.1, -0.05) is 12.8 Å². The minimum atomic E-state index is -0.412. The average Bonchev–Trinajstić information content (AvgIpc) is 2.42. The molecule has 2 amide bonds. The second-order valence-electron chi connectivity index (χ2n) is 4.05. The molecule has 1 aromatic heterocycles. The van der Waals surface area contributed by atoms with Gasteiger partial charge in [-0.3, -0.25) is 15.1 Å². The van der Waals surface area contributed by atoms with Gasteiger partial charge in [-0.05, 0) is 12.8 Å². The van der Waals surface area contributed by atoms with Crippen LogP contribution in [0.3, 0.4) is 0 Å². The molecule has 0 aliphatic rings. The number of aromatic nitrogens is 2. The molecule has 108 valence electrons. The van der Waals surface area contributed by atoms with E-state index in [-0.39, 0.29) is 11.5 Å². The maximum Gasteiger partial charge on any atom is 0.321 e. The molecular formula is C12H17N5O3. The largest absolute Gasteiger partial charge is 0.338 e. The Morgan fingerprint density at radius 3 is 2.90 bits per heavy atom. The predicted molar refractivity (Wildman–Crippen MR) is 73.3 cm³/mol. The third kappa shape index (κ3) is 7.07. The van der Waals surface area contributed by atoms with Gasteiger partial charge in [0.1, 0.15) is 0 Å². The van der Waals surface area contributed by atoms with E-state index < -0.39 is 6.03 Å². The monoisotopic (exact) mass is 279 g/mol. The SMILES string of the molecule is O=C=NCCCCCCNC(=O)Nc1nccc(=O)[nH]1. The van der Waals surface area contributed by atoms with E-state index in [0.29, 0.717) is 13.1 Å². The van der Waals surface area contributed by atoms with Crippen LogP contribution in [0.5, 0.6) is 0 Å². The molecule has 0 aliphatic heterocycles. The molecule has 0 unspecified atom stereocenters. The van der Waals surface area contributed by atoms with Crippen molar-refractivity contribution < 1.29 is 9.59 Å². The Hall–Kier alpha value is -2.47. The van der Waals surface area contributed by atoms with E-state index in [1.54, 1.807) is 0 Å². The molecule has 1 aromatic rings. The third-order valence-electron chi connectivity index (χ3n) is 2.45. The second kappa shape index (κ2) is 9.46. The molecule has 8 nitrogen and oxygen atoms in total. The summed E-state index contributed by atoms with van der Waals surface area (Å²) in [4.78, 5) is 41.9. The highest BCUT2D eigenvalue weighted by molar-refractivity contribution is 5.87. The average molecular weight is 279 g/mol. The van der Waals surface area contributed by atoms with Crippen LogP contribution in [0.1, 0.15) is 25.7 Å². The first-order valence-corrected chi connectivity index (χ1v) is 6.36. The van der Waals surface area contributed by atoms with Gasteiger partial charge in [0.05, 0.1) is 6.54 Å². The van der Waals surface area contributed by atoms with Crippen LogP contribution in [-0.2, 0) is 4.79 Å². The van der Waals surface area contributed by atoms with Crippen LogP contribution >= 0.6 is 0 Å². The Morgan fingerprint density at radius 2 is 2.15 bits per heavy atom. The molecular weight excluding hydrogens is 262 g/mol. The van der Waals surface area contributed by atoms with Crippen LogP contribution in [0.25, 0.3) is 0 Å². The molecule has 0 saturated carbocycles. The summed E-state index contributed by atoms with van der Waals surface area (Å²) in [5.41, 5.74) is -0.326. The van der Waals surface area contributed by atoms with E-state index in [1.165, 1.54) is 18.3 Å². The Bertz CT molecular complexity index is 522. The number of unbranched alkanes of at least 4 members (excludes halogenated alkanes) is 3. The summed E-state index contributed by atoms with van der Waals surface area (Å²) in [6.07, 6.45) is 6.37. The maximum atomic E-state index is 11.5. The first kappa shape index (κ1) is 15.6. The first-order valence-electron chi connectivity index (χ1n) is 6.36. The van der Waals surface area contributed by atoms with Crippen molar-refractivity contribution in [3.63, 3.8) is 0 Å². The molecule has 0 atom stereocenters. The van der Waals surface area contributed by atoms with Crippen molar-refractivity contribution in [3.8, 4) is 0 Å². The van der Waals surface area contributed by atoms with Crippen molar-refractivity contribution in [3.05, 3.63) is 22.6 Å². The second-order valence-corrected chi connectivity index (χ2v) is 4.05. The lowest BCUT2D eigenvalue weighted by molar-refractivity contribution is 0.251. The minimum Gasteiger partial charge on any atom is -0.338 e. The van der Waals surface area contributed by atoms with Crippen molar-refractivity contribution in [1.82, 2.24) is 15.3 Å². The highest BCUT2D eigenvalue weighted by Gasteiger charge is 2.01. The fraction of sp³-hybridized carbons (Fsp3) is 0.500. The van der Waals surface area contributed by atoms with Gasteiger partial charge in [0.15, 0.2) is 0 Å². The van der Waals surface area contributed by atoms with Gasteiger partial charge in [0.25, 0.3) is 5.56 Å². The molecule has 20 heavy (non-hydrogen) atoms. The molecule has 3 N–H and O–H groups in total. The van der Waals surface area contributed by atoms with Gasteiger partial charge < -0.3 is 5.32 Å². The number of nitrogens with zero attached hydrogens (tertiary/aromatic N) is 2. The third-order valence-corrected chi connectivity index (χ3v) is 2.45. The molecule has 0 fully saturated rings. The summed E-state index contributed by atoms with van der Waals surface area (Å²) in [6.45, 7) is 1.03. The van der Waals surface area contributed by atoms with Crippen LogP contribution in [0.15, 0.2) is 22.1 Å². The van der Waals surface area contributed by atoms with Crippen molar-refractivity contribution in [2.75, 3.05) is 18.4 Å². The van der Waals surface area contributed by atoms with Crippen LogP contribution in [0.2, 0.25) is 0 Å². The number of hydrogen-bond acceptors (Lipinski definition) is 5. The van der Waals surface area contributed by atoms with Gasteiger partial charge in [0, 0.05) is 18.8 Å². The van der Waals surface area contributed by atoms with E-state index in [1.807, 2.05) is 0 Å². The lowest BCUT2D eigenvalue weighted by Gasteiger charge is -2.06. The Morgan fingerprint density at radius 1 is 1.35 bits per heavy atom. The highest BCUT2D eigenvalue weighted by atomic mass is 16.2.